The zero-order chi connectivity index (χ0) is 25.8. The van der Waals surface area contributed by atoms with Crippen LogP contribution in [-0.4, -0.2) is 11.8 Å². The zero-order valence-corrected chi connectivity index (χ0v) is 23.2. The predicted molar refractivity (Wildman–Crippen MR) is 151 cm³/mol. The van der Waals surface area contributed by atoms with Crippen LogP contribution in [0.3, 0.4) is 0 Å². The number of benzene rings is 1. The molecule has 0 bridgehead atoms. The standard InChI is InChI=1S/C32H52N2O2/c1-3-5-6-7-8-9-10-11-12-13-16-25(15-4-2)26-17-14-22-32(24-26,27-18-20-28(33)21-19-27)29-23-30(35)34-31(29)36/h18-21,25-26,29H,3-17,22-24,33H2,1-2H3,(H,34,35,36). The van der Waals surface area contributed by atoms with Gasteiger partial charge in [-0.25, -0.2) is 0 Å². The topological polar surface area (TPSA) is 72.2 Å². The Kier molecular flexibility index (Phi) is 11.8. The van der Waals surface area contributed by atoms with Crippen molar-refractivity contribution in [3.63, 3.8) is 0 Å². The summed E-state index contributed by atoms with van der Waals surface area (Å²) < 4.78 is 0. The number of hydrogen-bond donors (Lipinski definition) is 2. The molecule has 3 rings (SSSR count). The third-order valence-electron chi connectivity index (χ3n) is 9.20. The Balaban J connectivity index is 1.60. The van der Waals surface area contributed by atoms with E-state index in [2.05, 4.69) is 31.3 Å². The van der Waals surface area contributed by atoms with Crippen molar-refractivity contribution in [3.8, 4) is 0 Å². The van der Waals surface area contributed by atoms with Crippen LogP contribution in [0.4, 0.5) is 5.69 Å². The van der Waals surface area contributed by atoms with Gasteiger partial charge in [0.25, 0.3) is 0 Å². The van der Waals surface area contributed by atoms with Crippen LogP contribution >= 0.6 is 0 Å². The first kappa shape index (κ1) is 28.7. The number of nitrogens with two attached hydrogens (primary N) is 1. The molecule has 1 saturated carbocycles. The molecule has 1 aromatic rings. The van der Waals surface area contributed by atoms with Gasteiger partial charge in [0.05, 0.1) is 5.92 Å². The molecule has 1 aliphatic carbocycles. The van der Waals surface area contributed by atoms with Gasteiger partial charge in [0.15, 0.2) is 0 Å². The number of unbranched alkanes of at least 4 members (excludes halogenated alkanes) is 9. The Bertz CT molecular complexity index is 805. The minimum absolute atomic E-state index is 0.0702. The first-order valence-corrected chi connectivity index (χ1v) is 15.2. The maximum Gasteiger partial charge on any atom is 0.231 e. The fourth-order valence-electron chi connectivity index (χ4n) is 7.23. The van der Waals surface area contributed by atoms with Crippen LogP contribution in [0.1, 0.15) is 135 Å². The summed E-state index contributed by atoms with van der Waals surface area (Å²) in [6.07, 6.45) is 22.3. The van der Waals surface area contributed by atoms with E-state index in [-0.39, 0.29) is 23.1 Å². The second-order valence-corrected chi connectivity index (χ2v) is 11.8. The maximum atomic E-state index is 12.9. The van der Waals surface area contributed by atoms with Crippen molar-refractivity contribution >= 4 is 17.5 Å². The van der Waals surface area contributed by atoms with Crippen molar-refractivity contribution in [2.45, 2.75) is 135 Å². The molecule has 0 spiro atoms. The van der Waals surface area contributed by atoms with Crippen LogP contribution in [0.5, 0.6) is 0 Å². The van der Waals surface area contributed by atoms with Crippen LogP contribution in [0.2, 0.25) is 0 Å². The molecule has 3 N–H and O–H groups in total. The molecule has 2 fully saturated rings. The summed E-state index contributed by atoms with van der Waals surface area (Å²) in [4.78, 5) is 25.2. The third-order valence-corrected chi connectivity index (χ3v) is 9.20. The number of rotatable bonds is 16. The highest BCUT2D eigenvalue weighted by Crippen LogP contribution is 2.52. The second kappa shape index (κ2) is 14.8. The summed E-state index contributed by atoms with van der Waals surface area (Å²) in [5.41, 5.74) is 7.70. The molecule has 4 unspecified atom stereocenters. The maximum absolute atomic E-state index is 12.9. The Hall–Kier alpha value is -1.84. The third kappa shape index (κ3) is 7.83. The highest BCUT2D eigenvalue weighted by Gasteiger charge is 2.51. The SMILES string of the molecule is CCCCCCCCCCCCC(CCC)C1CCCC(c2ccc(N)cc2)(C2CC(=O)NC2=O)C1. The van der Waals surface area contributed by atoms with Crippen LogP contribution in [0, 0.1) is 17.8 Å². The molecule has 4 heteroatoms. The van der Waals surface area contributed by atoms with E-state index in [1.54, 1.807) is 0 Å². The Labute approximate surface area is 220 Å². The molecule has 0 radical (unpaired) electrons. The lowest BCUT2D eigenvalue weighted by Gasteiger charge is -2.46. The van der Waals surface area contributed by atoms with Gasteiger partial charge in [-0.2, -0.15) is 0 Å². The van der Waals surface area contributed by atoms with E-state index in [1.807, 2.05) is 12.1 Å². The summed E-state index contributed by atoms with van der Waals surface area (Å²) in [6.45, 7) is 4.59. The molecular weight excluding hydrogens is 444 g/mol. The highest BCUT2D eigenvalue weighted by atomic mass is 16.2. The van der Waals surface area contributed by atoms with E-state index < -0.39 is 0 Å². The molecule has 4 nitrogen and oxygen atoms in total. The number of amides is 2. The molecule has 1 aliphatic heterocycles. The van der Waals surface area contributed by atoms with Gasteiger partial charge in [-0.3, -0.25) is 14.9 Å². The minimum atomic E-state index is -0.254. The Morgan fingerprint density at radius 3 is 2.11 bits per heavy atom. The van der Waals surface area contributed by atoms with Crippen LogP contribution < -0.4 is 11.1 Å². The van der Waals surface area contributed by atoms with Crippen molar-refractivity contribution in [1.82, 2.24) is 5.32 Å². The monoisotopic (exact) mass is 496 g/mol. The average molecular weight is 497 g/mol. The summed E-state index contributed by atoms with van der Waals surface area (Å²) in [7, 11) is 0. The van der Waals surface area contributed by atoms with Crippen LogP contribution in [0.25, 0.3) is 0 Å². The van der Waals surface area contributed by atoms with Crippen LogP contribution in [-0.2, 0) is 15.0 Å². The molecular formula is C32H52N2O2. The quantitative estimate of drug-likeness (QED) is 0.138. The number of nitrogens with one attached hydrogen (secondary N) is 1. The normalized spacial score (nSPS) is 25.2. The zero-order valence-electron chi connectivity index (χ0n) is 23.2. The summed E-state index contributed by atoms with van der Waals surface area (Å²) in [5, 5.41) is 2.61. The average Bonchev–Trinajstić information content (AvgIpc) is 3.23. The molecule has 1 aromatic carbocycles. The van der Waals surface area contributed by atoms with Crippen LogP contribution in [0.15, 0.2) is 24.3 Å². The molecule has 1 heterocycles. The lowest BCUT2D eigenvalue weighted by Crippen LogP contribution is -2.44. The smallest absolute Gasteiger partial charge is 0.231 e. The van der Waals surface area contributed by atoms with E-state index in [9.17, 15) is 9.59 Å². The summed E-state index contributed by atoms with van der Waals surface area (Å²) >= 11 is 0. The number of hydrogen-bond acceptors (Lipinski definition) is 3. The lowest BCUT2D eigenvalue weighted by atomic mass is 9.56. The largest absolute Gasteiger partial charge is 0.399 e. The van der Waals surface area contributed by atoms with Gasteiger partial charge < -0.3 is 5.73 Å². The predicted octanol–water partition coefficient (Wildman–Crippen LogP) is 8.09. The van der Waals surface area contributed by atoms with E-state index >= 15 is 0 Å². The second-order valence-electron chi connectivity index (χ2n) is 11.8. The van der Waals surface area contributed by atoms with Crippen molar-refractivity contribution < 1.29 is 9.59 Å². The number of anilines is 1. The number of imide groups is 1. The van der Waals surface area contributed by atoms with Crippen molar-refractivity contribution in [2.75, 3.05) is 5.73 Å². The summed E-state index contributed by atoms with van der Waals surface area (Å²) in [5.74, 6) is 0.906. The van der Waals surface area contributed by atoms with Gasteiger partial charge in [-0.1, -0.05) is 122 Å². The van der Waals surface area contributed by atoms with Gasteiger partial charge in [-0.15, -0.1) is 0 Å². The fraction of sp³-hybridized carbons (Fsp3) is 0.750. The van der Waals surface area contributed by atoms with Crippen molar-refractivity contribution in [1.29, 1.82) is 0 Å². The van der Waals surface area contributed by atoms with Gasteiger partial charge >= 0.3 is 0 Å². The van der Waals surface area contributed by atoms with Gasteiger partial charge in [-0.05, 0) is 42.4 Å². The van der Waals surface area contributed by atoms with E-state index in [4.69, 9.17) is 5.73 Å². The minimum Gasteiger partial charge on any atom is -0.399 e. The lowest BCUT2D eigenvalue weighted by molar-refractivity contribution is -0.127. The van der Waals surface area contributed by atoms with Gasteiger partial charge in [0.2, 0.25) is 11.8 Å². The fourth-order valence-corrected chi connectivity index (χ4v) is 7.23. The molecule has 36 heavy (non-hydrogen) atoms. The molecule has 0 aromatic heterocycles. The van der Waals surface area contributed by atoms with Crippen molar-refractivity contribution in [2.24, 2.45) is 17.8 Å². The molecule has 2 aliphatic rings. The molecule has 202 valence electrons. The number of carbonyl (C=O) groups excluding carboxylic acids is 2. The molecule has 4 atom stereocenters. The summed E-state index contributed by atoms with van der Waals surface area (Å²) in [6, 6.07) is 8.15. The first-order valence-electron chi connectivity index (χ1n) is 15.2. The number of nitrogen functional groups attached to an aromatic ring is 1. The molecule has 2 amide bonds. The molecule has 1 saturated heterocycles. The van der Waals surface area contributed by atoms with E-state index in [0.29, 0.717) is 12.3 Å². The van der Waals surface area contributed by atoms with E-state index in [1.165, 1.54) is 95.5 Å². The van der Waals surface area contributed by atoms with Gasteiger partial charge in [0, 0.05) is 17.5 Å². The van der Waals surface area contributed by atoms with Gasteiger partial charge in [0.1, 0.15) is 0 Å². The highest BCUT2D eigenvalue weighted by molar-refractivity contribution is 6.04. The van der Waals surface area contributed by atoms with Crippen molar-refractivity contribution in [3.05, 3.63) is 29.8 Å². The number of carbonyl (C=O) groups is 2. The van der Waals surface area contributed by atoms with E-state index in [0.717, 1.165) is 30.9 Å². The first-order chi connectivity index (χ1) is 17.5. The Morgan fingerprint density at radius 2 is 1.53 bits per heavy atom. The Morgan fingerprint density at radius 1 is 0.889 bits per heavy atom.